The Morgan fingerprint density at radius 1 is 1.55 bits per heavy atom. The van der Waals surface area contributed by atoms with E-state index in [0.717, 1.165) is 0 Å². The fourth-order valence-electron chi connectivity index (χ4n) is 0.957. The van der Waals surface area contributed by atoms with Crippen molar-refractivity contribution >= 4 is 5.91 Å². The van der Waals surface area contributed by atoms with Gasteiger partial charge in [-0.25, -0.2) is 0 Å². The van der Waals surface area contributed by atoms with E-state index in [-0.39, 0.29) is 17.9 Å². The summed E-state index contributed by atoms with van der Waals surface area (Å²) in [5.41, 5.74) is 0. The predicted octanol–water partition coefficient (Wildman–Crippen LogP) is 0.793. The van der Waals surface area contributed by atoms with Crippen LogP contribution in [0.25, 0.3) is 0 Å². The Morgan fingerprint density at radius 2 is 2.09 bits per heavy atom. The van der Waals surface area contributed by atoms with Crippen LogP contribution < -0.4 is 5.32 Å². The zero-order chi connectivity index (χ0) is 8.85. The van der Waals surface area contributed by atoms with Gasteiger partial charge in [0, 0.05) is 13.7 Å². The van der Waals surface area contributed by atoms with Crippen molar-refractivity contribution in [3.8, 4) is 0 Å². The normalized spacial score (nSPS) is 13.2. The summed E-state index contributed by atoms with van der Waals surface area (Å²) < 4.78 is 5.01. The maximum absolute atomic E-state index is 11.2. The number of hydrogen-bond donors (Lipinski definition) is 1. The first-order valence-corrected chi connectivity index (χ1v) is 3.94. The molecule has 0 spiro atoms. The highest BCUT2D eigenvalue weighted by Gasteiger charge is 2.19. The van der Waals surface area contributed by atoms with E-state index in [0.29, 0.717) is 6.54 Å². The number of rotatable bonds is 4. The molecule has 0 rings (SSSR count). The van der Waals surface area contributed by atoms with Gasteiger partial charge in [-0.3, -0.25) is 4.79 Å². The van der Waals surface area contributed by atoms with Crippen LogP contribution in [0.3, 0.4) is 0 Å². The van der Waals surface area contributed by atoms with E-state index in [2.05, 4.69) is 5.32 Å². The summed E-state index contributed by atoms with van der Waals surface area (Å²) in [6.45, 7) is 6.48. The second kappa shape index (κ2) is 5.13. The molecule has 0 saturated carbocycles. The van der Waals surface area contributed by atoms with Crippen molar-refractivity contribution < 1.29 is 9.53 Å². The molecule has 0 aliphatic carbocycles. The van der Waals surface area contributed by atoms with Crippen LogP contribution in [0.5, 0.6) is 0 Å². The molecule has 0 bridgehead atoms. The van der Waals surface area contributed by atoms with Crippen molar-refractivity contribution in [2.75, 3.05) is 13.7 Å². The SMILES string of the molecule is CCNC(=O)[C@@H](OC)C(C)C. The Morgan fingerprint density at radius 3 is 2.36 bits per heavy atom. The second-order valence-corrected chi connectivity index (χ2v) is 2.79. The first-order chi connectivity index (χ1) is 5.13. The van der Waals surface area contributed by atoms with Crippen LogP contribution in [0.4, 0.5) is 0 Å². The fourth-order valence-corrected chi connectivity index (χ4v) is 0.957. The molecular formula is C8H17NO2. The molecule has 0 heterocycles. The third kappa shape index (κ3) is 3.37. The molecule has 1 amide bonds. The van der Waals surface area contributed by atoms with Crippen molar-refractivity contribution in [1.82, 2.24) is 5.32 Å². The lowest BCUT2D eigenvalue weighted by Gasteiger charge is -2.17. The van der Waals surface area contributed by atoms with Gasteiger partial charge in [0.1, 0.15) is 6.10 Å². The van der Waals surface area contributed by atoms with Crippen molar-refractivity contribution in [1.29, 1.82) is 0 Å². The van der Waals surface area contributed by atoms with E-state index >= 15 is 0 Å². The predicted molar refractivity (Wildman–Crippen MR) is 44.3 cm³/mol. The highest BCUT2D eigenvalue weighted by Crippen LogP contribution is 2.04. The number of carbonyl (C=O) groups is 1. The van der Waals surface area contributed by atoms with Gasteiger partial charge in [0.05, 0.1) is 0 Å². The van der Waals surface area contributed by atoms with E-state index < -0.39 is 0 Å². The minimum atomic E-state index is -0.310. The van der Waals surface area contributed by atoms with Crippen LogP contribution in [-0.2, 0) is 9.53 Å². The lowest BCUT2D eigenvalue weighted by molar-refractivity contribution is -0.133. The van der Waals surface area contributed by atoms with Crippen molar-refractivity contribution in [3.63, 3.8) is 0 Å². The van der Waals surface area contributed by atoms with Crippen LogP contribution in [-0.4, -0.2) is 25.7 Å². The third-order valence-electron chi connectivity index (χ3n) is 1.47. The minimum Gasteiger partial charge on any atom is -0.371 e. The Kier molecular flexibility index (Phi) is 4.86. The van der Waals surface area contributed by atoms with Gasteiger partial charge in [-0.1, -0.05) is 13.8 Å². The molecule has 3 nitrogen and oxygen atoms in total. The number of carbonyl (C=O) groups excluding carboxylic acids is 1. The zero-order valence-electron chi connectivity index (χ0n) is 7.68. The summed E-state index contributed by atoms with van der Waals surface area (Å²) in [7, 11) is 1.56. The lowest BCUT2D eigenvalue weighted by Crippen LogP contribution is -2.38. The van der Waals surface area contributed by atoms with Gasteiger partial charge in [0.15, 0.2) is 0 Å². The number of nitrogens with one attached hydrogen (secondary N) is 1. The fraction of sp³-hybridized carbons (Fsp3) is 0.875. The summed E-state index contributed by atoms with van der Waals surface area (Å²) >= 11 is 0. The van der Waals surface area contributed by atoms with E-state index in [4.69, 9.17) is 4.74 Å². The highest BCUT2D eigenvalue weighted by atomic mass is 16.5. The topological polar surface area (TPSA) is 38.3 Å². The second-order valence-electron chi connectivity index (χ2n) is 2.79. The molecule has 0 radical (unpaired) electrons. The largest absolute Gasteiger partial charge is 0.371 e. The van der Waals surface area contributed by atoms with E-state index in [1.807, 2.05) is 20.8 Å². The molecule has 3 heteroatoms. The van der Waals surface area contributed by atoms with E-state index in [9.17, 15) is 4.79 Å². The number of amides is 1. The Bertz CT molecular complexity index is 123. The summed E-state index contributed by atoms with van der Waals surface area (Å²) in [5.74, 6) is 0.205. The standard InChI is InChI=1S/C8H17NO2/c1-5-9-8(10)7(11-4)6(2)3/h6-7H,5H2,1-4H3,(H,9,10)/t7-/m0/s1. The van der Waals surface area contributed by atoms with Gasteiger partial charge >= 0.3 is 0 Å². The lowest BCUT2D eigenvalue weighted by atomic mass is 10.1. The molecule has 0 aliphatic rings. The first-order valence-electron chi connectivity index (χ1n) is 3.94. The minimum absolute atomic E-state index is 0.0231. The molecule has 66 valence electrons. The summed E-state index contributed by atoms with van der Waals surface area (Å²) in [6.07, 6.45) is -0.310. The molecule has 0 aliphatic heterocycles. The highest BCUT2D eigenvalue weighted by molar-refractivity contribution is 5.80. The van der Waals surface area contributed by atoms with Crippen molar-refractivity contribution in [2.24, 2.45) is 5.92 Å². The molecule has 0 aromatic rings. The van der Waals surface area contributed by atoms with Crippen LogP contribution in [0, 0.1) is 5.92 Å². The van der Waals surface area contributed by atoms with Gasteiger partial charge in [-0.05, 0) is 12.8 Å². The van der Waals surface area contributed by atoms with Crippen LogP contribution >= 0.6 is 0 Å². The Hall–Kier alpha value is -0.570. The molecule has 0 saturated heterocycles. The number of methoxy groups -OCH3 is 1. The van der Waals surface area contributed by atoms with Crippen LogP contribution in [0.15, 0.2) is 0 Å². The van der Waals surface area contributed by atoms with Gasteiger partial charge in [-0.2, -0.15) is 0 Å². The van der Waals surface area contributed by atoms with Gasteiger partial charge in [0.2, 0.25) is 5.91 Å². The molecule has 0 fully saturated rings. The molecular weight excluding hydrogens is 142 g/mol. The van der Waals surface area contributed by atoms with Gasteiger partial charge in [-0.15, -0.1) is 0 Å². The number of hydrogen-bond acceptors (Lipinski definition) is 2. The smallest absolute Gasteiger partial charge is 0.249 e. The average Bonchev–Trinajstić information content (AvgIpc) is 1.88. The quantitative estimate of drug-likeness (QED) is 0.658. The Balaban J connectivity index is 3.92. The third-order valence-corrected chi connectivity index (χ3v) is 1.47. The van der Waals surface area contributed by atoms with E-state index in [1.54, 1.807) is 7.11 Å². The molecule has 1 N–H and O–H groups in total. The zero-order valence-corrected chi connectivity index (χ0v) is 7.68. The Labute approximate surface area is 68.1 Å². The average molecular weight is 159 g/mol. The van der Waals surface area contributed by atoms with Gasteiger partial charge < -0.3 is 10.1 Å². The maximum Gasteiger partial charge on any atom is 0.249 e. The van der Waals surface area contributed by atoms with Crippen LogP contribution in [0.1, 0.15) is 20.8 Å². The number of likely N-dealkylation sites (N-methyl/N-ethyl adjacent to an activating group) is 1. The van der Waals surface area contributed by atoms with E-state index in [1.165, 1.54) is 0 Å². The monoisotopic (exact) mass is 159 g/mol. The summed E-state index contributed by atoms with van der Waals surface area (Å²) in [6, 6.07) is 0. The number of ether oxygens (including phenoxy) is 1. The van der Waals surface area contributed by atoms with Crippen molar-refractivity contribution in [3.05, 3.63) is 0 Å². The molecule has 0 aromatic carbocycles. The molecule has 0 unspecified atom stereocenters. The molecule has 0 aromatic heterocycles. The van der Waals surface area contributed by atoms with Crippen LogP contribution in [0.2, 0.25) is 0 Å². The maximum atomic E-state index is 11.2. The summed E-state index contributed by atoms with van der Waals surface area (Å²) in [4.78, 5) is 11.2. The molecule has 1 atom stereocenters. The summed E-state index contributed by atoms with van der Waals surface area (Å²) in [5, 5.41) is 2.71. The van der Waals surface area contributed by atoms with Gasteiger partial charge in [0.25, 0.3) is 0 Å². The van der Waals surface area contributed by atoms with Crippen molar-refractivity contribution in [2.45, 2.75) is 26.9 Å². The molecule has 11 heavy (non-hydrogen) atoms. The first kappa shape index (κ1) is 10.4.